The Balaban J connectivity index is 2.41. The molecule has 2 rings (SSSR count). The molecule has 0 saturated carbocycles. The minimum Gasteiger partial charge on any atom is -0.480 e. The van der Waals surface area contributed by atoms with Gasteiger partial charge in [-0.3, -0.25) is 4.79 Å². The Morgan fingerprint density at radius 3 is 2.31 bits per heavy atom. The minimum absolute atomic E-state index is 0.0694. The zero-order valence-electron chi connectivity index (χ0n) is 14.9. The maximum atomic E-state index is 13.1. The topological polar surface area (TPSA) is 101 Å². The summed E-state index contributed by atoms with van der Waals surface area (Å²) in [5.74, 6) is -1.46. The Hall–Kier alpha value is -1.61. The zero-order chi connectivity index (χ0) is 19.8. The van der Waals surface area contributed by atoms with Crippen LogP contribution in [0.2, 0.25) is 0 Å². The van der Waals surface area contributed by atoms with Crippen molar-refractivity contribution in [3.8, 4) is 0 Å². The predicted molar refractivity (Wildman–Crippen MR) is 98.7 cm³/mol. The van der Waals surface area contributed by atoms with Gasteiger partial charge in [0.25, 0.3) is 0 Å². The average Bonchev–Trinajstić information content (AvgIpc) is 2.53. The van der Waals surface area contributed by atoms with Crippen LogP contribution in [0.4, 0.5) is 4.79 Å². The van der Waals surface area contributed by atoms with Crippen LogP contribution in [-0.2, 0) is 19.4 Å². The quantitative estimate of drug-likeness (QED) is 0.763. The summed E-state index contributed by atoms with van der Waals surface area (Å²) in [5, 5.41) is 9.81. The van der Waals surface area contributed by atoms with E-state index in [9.17, 15) is 23.1 Å². The van der Waals surface area contributed by atoms with Gasteiger partial charge in [-0.05, 0) is 57.9 Å². The van der Waals surface area contributed by atoms with E-state index in [2.05, 4.69) is 15.9 Å². The average molecular weight is 448 g/mol. The molecule has 7 nitrogen and oxygen atoms in total. The number of amides is 1. The second-order valence-corrected chi connectivity index (χ2v) is 10.4. The van der Waals surface area contributed by atoms with Gasteiger partial charge in [-0.25, -0.2) is 13.2 Å². The van der Waals surface area contributed by atoms with Crippen LogP contribution in [0.1, 0.15) is 33.6 Å². The van der Waals surface area contributed by atoms with Crippen molar-refractivity contribution in [2.24, 2.45) is 0 Å². The molecule has 0 bridgehead atoms. The SMILES string of the molecule is CC(C)(C)OC(=O)N1CCCC(C(=O)O)(S(=O)(=O)c2ccc(Br)cc2)C1. The number of rotatable bonds is 3. The monoisotopic (exact) mass is 447 g/mol. The first kappa shape index (κ1) is 20.7. The van der Waals surface area contributed by atoms with Crippen LogP contribution in [0.25, 0.3) is 0 Å². The van der Waals surface area contributed by atoms with E-state index < -0.39 is 38.8 Å². The molecule has 1 aliphatic heterocycles. The number of hydrogen-bond acceptors (Lipinski definition) is 5. The third-order valence-corrected chi connectivity index (χ3v) is 7.09. The zero-order valence-corrected chi connectivity index (χ0v) is 17.3. The van der Waals surface area contributed by atoms with Crippen molar-refractivity contribution in [2.45, 2.75) is 48.9 Å². The van der Waals surface area contributed by atoms with E-state index in [0.29, 0.717) is 4.47 Å². The molecule has 1 saturated heterocycles. The van der Waals surface area contributed by atoms with Crippen LogP contribution >= 0.6 is 15.9 Å². The van der Waals surface area contributed by atoms with E-state index in [4.69, 9.17) is 4.74 Å². The summed E-state index contributed by atoms with van der Waals surface area (Å²) >= 11 is 3.23. The molecule has 0 aromatic heterocycles. The van der Waals surface area contributed by atoms with Crippen molar-refractivity contribution >= 4 is 37.8 Å². The Labute approximate surface area is 161 Å². The van der Waals surface area contributed by atoms with E-state index in [-0.39, 0.29) is 24.3 Å². The highest BCUT2D eigenvalue weighted by molar-refractivity contribution is 9.10. The maximum absolute atomic E-state index is 13.1. The molecule has 0 spiro atoms. The second-order valence-electron chi connectivity index (χ2n) is 7.26. The number of carbonyl (C=O) groups excluding carboxylic acids is 1. The Bertz CT molecular complexity index is 800. The summed E-state index contributed by atoms with van der Waals surface area (Å²) in [6.07, 6.45) is -0.532. The van der Waals surface area contributed by atoms with E-state index in [0.717, 1.165) is 0 Å². The first-order valence-electron chi connectivity index (χ1n) is 8.11. The Morgan fingerprint density at radius 1 is 1.23 bits per heavy atom. The Morgan fingerprint density at radius 2 is 1.81 bits per heavy atom. The fourth-order valence-corrected chi connectivity index (χ4v) is 5.03. The van der Waals surface area contributed by atoms with Gasteiger partial charge in [0.15, 0.2) is 14.6 Å². The number of carboxylic acid groups (broad SMARTS) is 1. The van der Waals surface area contributed by atoms with Gasteiger partial charge in [-0.1, -0.05) is 15.9 Å². The van der Waals surface area contributed by atoms with Gasteiger partial charge in [0.05, 0.1) is 11.4 Å². The number of nitrogens with zero attached hydrogens (tertiary/aromatic N) is 1. The molecular weight excluding hydrogens is 426 g/mol. The number of carboxylic acids is 1. The van der Waals surface area contributed by atoms with Crippen LogP contribution in [0, 0.1) is 0 Å². The van der Waals surface area contributed by atoms with E-state index in [1.807, 2.05) is 0 Å². The van der Waals surface area contributed by atoms with Crippen molar-refractivity contribution in [3.63, 3.8) is 0 Å². The summed E-state index contributed by atoms with van der Waals surface area (Å²) in [6.45, 7) is 4.88. The lowest BCUT2D eigenvalue weighted by Gasteiger charge is -2.39. The summed E-state index contributed by atoms with van der Waals surface area (Å²) < 4.78 is 30.1. The van der Waals surface area contributed by atoms with Crippen molar-refractivity contribution in [1.29, 1.82) is 0 Å². The maximum Gasteiger partial charge on any atom is 0.410 e. The van der Waals surface area contributed by atoms with Gasteiger partial charge in [-0.2, -0.15) is 0 Å². The van der Waals surface area contributed by atoms with Crippen LogP contribution in [0.5, 0.6) is 0 Å². The number of aliphatic carboxylic acids is 1. The molecule has 9 heteroatoms. The highest BCUT2D eigenvalue weighted by atomic mass is 79.9. The molecule has 1 amide bonds. The highest BCUT2D eigenvalue weighted by Gasteiger charge is 2.55. The van der Waals surface area contributed by atoms with Gasteiger partial charge >= 0.3 is 12.1 Å². The van der Waals surface area contributed by atoms with E-state index in [1.54, 1.807) is 20.8 Å². The van der Waals surface area contributed by atoms with Gasteiger partial charge in [0, 0.05) is 11.0 Å². The lowest BCUT2D eigenvalue weighted by atomic mass is 9.97. The molecule has 1 fully saturated rings. The van der Waals surface area contributed by atoms with Crippen LogP contribution in [0.15, 0.2) is 33.6 Å². The van der Waals surface area contributed by atoms with Crippen molar-refractivity contribution in [3.05, 3.63) is 28.7 Å². The van der Waals surface area contributed by atoms with Crippen molar-refractivity contribution in [2.75, 3.05) is 13.1 Å². The molecule has 1 unspecified atom stereocenters. The number of ether oxygens (including phenoxy) is 1. The number of halogens is 1. The molecule has 1 N–H and O–H groups in total. The number of benzene rings is 1. The van der Waals surface area contributed by atoms with Crippen molar-refractivity contribution in [1.82, 2.24) is 4.90 Å². The summed E-state index contributed by atoms with van der Waals surface area (Å²) in [6, 6.07) is 5.79. The van der Waals surface area contributed by atoms with Crippen molar-refractivity contribution < 1.29 is 27.9 Å². The van der Waals surface area contributed by atoms with Gasteiger partial charge in [0.1, 0.15) is 5.60 Å². The van der Waals surface area contributed by atoms with Gasteiger partial charge < -0.3 is 14.7 Å². The van der Waals surface area contributed by atoms with Gasteiger partial charge in [0.2, 0.25) is 0 Å². The smallest absolute Gasteiger partial charge is 0.410 e. The molecule has 1 aromatic rings. The van der Waals surface area contributed by atoms with Crippen LogP contribution in [0.3, 0.4) is 0 Å². The second kappa shape index (κ2) is 7.19. The largest absolute Gasteiger partial charge is 0.480 e. The number of likely N-dealkylation sites (tertiary alicyclic amines) is 1. The van der Waals surface area contributed by atoms with Gasteiger partial charge in [-0.15, -0.1) is 0 Å². The third kappa shape index (κ3) is 4.03. The minimum atomic E-state index is -4.22. The molecule has 1 heterocycles. The van der Waals surface area contributed by atoms with Crippen LogP contribution < -0.4 is 0 Å². The summed E-state index contributed by atoms with van der Waals surface area (Å²) in [5.41, 5.74) is -0.759. The first-order valence-corrected chi connectivity index (χ1v) is 10.4. The number of hydrogen-bond donors (Lipinski definition) is 1. The molecule has 0 radical (unpaired) electrons. The lowest BCUT2D eigenvalue weighted by molar-refractivity contribution is -0.141. The molecule has 144 valence electrons. The fraction of sp³-hybridized carbons (Fsp3) is 0.529. The third-order valence-electron chi connectivity index (χ3n) is 4.13. The fourth-order valence-electron chi connectivity index (χ4n) is 2.85. The Kier molecular flexibility index (Phi) is 5.72. The molecule has 26 heavy (non-hydrogen) atoms. The normalized spacial score (nSPS) is 21.3. The van der Waals surface area contributed by atoms with Crippen LogP contribution in [-0.4, -0.2) is 53.9 Å². The summed E-state index contributed by atoms with van der Waals surface area (Å²) in [4.78, 5) is 25.5. The van der Waals surface area contributed by atoms with E-state index >= 15 is 0 Å². The lowest BCUT2D eigenvalue weighted by Crippen LogP contribution is -2.59. The molecular formula is C17H22BrNO6S. The summed E-state index contributed by atoms with van der Waals surface area (Å²) in [7, 11) is -4.22. The molecule has 0 aliphatic carbocycles. The highest BCUT2D eigenvalue weighted by Crippen LogP contribution is 2.35. The number of piperidine rings is 1. The number of carbonyl (C=O) groups is 2. The standard InChI is InChI=1S/C17H22BrNO6S/c1-16(2,3)25-15(22)19-10-4-9-17(11-19,14(20)21)26(23,24)13-7-5-12(18)6-8-13/h5-8H,4,9-11H2,1-3H3,(H,20,21). The molecule has 1 atom stereocenters. The first-order chi connectivity index (χ1) is 11.9. The number of sulfone groups is 1. The predicted octanol–water partition coefficient (Wildman–Crippen LogP) is 3.08. The molecule has 1 aliphatic rings. The molecule has 1 aromatic carbocycles. The van der Waals surface area contributed by atoms with E-state index in [1.165, 1.54) is 29.2 Å².